The maximum absolute atomic E-state index is 8.85. The van der Waals surface area contributed by atoms with E-state index in [4.69, 9.17) is 15.9 Å². The van der Waals surface area contributed by atoms with Crippen molar-refractivity contribution < 1.29 is 10.2 Å². The number of aliphatic hydroxyl groups is 2. The van der Waals surface area contributed by atoms with Gasteiger partial charge >= 0.3 is 0 Å². The molecule has 0 aliphatic carbocycles. The first-order chi connectivity index (χ1) is 8.26. The van der Waals surface area contributed by atoms with Gasteiger partial charge in [-0.15, -0.1) is 24.8 Å². The molecule has 0 radical (unpaired) electrons. The van der Waals surface area contributed by atoms with Gasteiger partial charge in [0.25, 0.3) is 0 Å². The Kier molecular flexibility index (Phi) is 13.4. The van der Waals surface area contributed by atoms with Gasteiger partial charge in [-0.25, -0.2) is 0 Å². The van der Waals surface area contributed by atoms with Crippen LogP contribution in [0.25, 0.3) is 0 Å². The highest BCUT2D eigenvalue weighted by Crippen LogP contribution is 2.09. The van der Waals surface area contributed by atoms with Crippen LogP contribution < -0.4 is 11.1 Å². The normalized spacial score (nSPS) is 9.63. The molecule has 5 nitrogen and oxygen atoms in total. The van der Waals surface area contributed by atoms with Crippen LogP contribution in [0.5, 0.6) is 0 Å². The second-order valence-corrected chi connectivity index (χ2v) is 3.84. The molecule has 0 aromatic heterocycles. The van der Waals surface area contributed by atoms with Crippen molar-refractivity contribution in [3.8, 4) is 0 Å². The Balaban J connectivity index is 0. The van der Waals surface area contributed by atoms with Crippen molar-refractivity contribution in [1.82, 2.24) is 4.90 Å². The molecule has 0 amide bonds. The Morgan fingerprint density at radius 1 is 0.947 bits per heavy atom. The van der Waals surface area contributed by atoms with Gasteiger partial charge in [0, 0.05) is 37.6 Å². The molecule has 0 saturated carbocycles. The van der Waals surface area contributed by atoms with Crippen molar-refractivity contribution in [1.29, 1.82) is 0 Å². The summed E-state index contributed by atoms with van der Waals surface area (Å²) in [6, 6.07) is 7.55. The Morgan fingerprint density at radius 2 is 1.47 bits per heavy atom. The number of rotatable bonds is 8. The van der Waals surface area contributed by atoms with Crippen molar-refractivity contribution in [2.45, 2.75) is 0 Å². The van der Waals surface area contributed by atoms with Crippen molar-refractivity contribution in [3.63, 3.8) is 0 Å². The Hall–Kier alpha value is -0.720. The van der Waals surface area contributed by atoms with E-state index in [9.17, 15) is 0 Å². The molecule has 1 aromatic rings. The number of nitrogen functional groups attached to an aromatic ring is 1. The zero-order chi connectivity index (χ0) is 12.5. The number of aliphatic hydroxyl groups excluding tert-OH is 2. The van der Waals surface area contributed by atoms with E-state index in [0.717, 1.165) is 24.5 Å². The molecule has 112 valence electrons. The summed E-state index contributed by atoms with van der Waals surface area (Å²) in [5.74, 6) is 0. The summed E-state index contributed by atoms with van der Waals surface area (Å²) in [6.45, 7) is 2.95. The Morgan fingerprint density at radius 3 is 1.95 bits per heavy atom. The summed E-state index contributed by atoms with van der Waals surface area (Å²) < 4.78 is 0. The highest BCUT2D eigenvalue weighted by Gasteiger charge is 2.02. The minimum atomic E-state index is 0. The predicted octanol–water partition coefficient (Wildman–Crippen LogP) is 0.811. The van der Waals surface area contributed by atoms with Crippen LogP contribution in [-0.4, -0.2) is 54.5 Å². The van der Waals surface area contributed by atoms with Crippen LogP contribution in [0.1, 0.15) is 0 Å². The van der Waals surface area contributed by atoms with Crippen molar-refractivity contribution in [2.75, 3.05) is 50.4 Å². The molecule has 1 rings (SSSR count). The lowest BCUT2D eigenvalue weighted by molar-refractivity contribution is 0.165. The van der Waals surface area contributed by atoms with Crippen LogP contribution >= 0.6 is 24.8 Å². The lowest BCUT2D eigenvalue weighted by Gasteiger charge is -2.20. The van der Waals surface area contributed by atoms with Crippen LogP contribution in [0, 0.1) is 0 Å². The molecule has 1 aromatic carbocycles. The third-order valence-electron chi connectivity index (χ3n) is 2.50. The van der Waals surface area contributed by atoms with Crippen LogP contribution in [0.2, 0.25) is 0 Å². The Labute approximate surface area is 126 Å². The molecule has 0 fully saturated rings. The first-order valence-corrected chi connectivity index (χ1v) is 5.79. The largest absolute Gasteiger partial charge is 0.399 e. The second-order valence-electron chi connectivity index (χ2n) is 3.84. The van der Waals surface area contributed by atoms with Gasteiger partial charge < -0.3 is 21.3 Å². The lowest BCUT2D eigenvalue weighted by Crippen LogP contribution is -2.34. The molecule has 19 heavy (non-hydrogen) atoms. The number of hydrogen-bond donors (Lipinski definition) is 4. The molecule has 0 unspecified atom stereocenters. The molecule has 5 N–H and O–H groups in total. The number of nitrogens with one attached hydrogen (secondary N) is 1. The number of benzene rings is 1. The first-order valence-electron chi connectivity index (χ1n) is 5.79. The van der Waals surface area contributed by atoms with Crippen molar-refractivity contribution in [2.24, 2.45) is 0 Å². The molecule has 0 atom stereocenters. The molecule has 0 aliphatic heterocycles. The van der Waals surface area contributed by atoms with Gasteiger partial charge in [0.15, 0.2) is 0 Å². The third kappa shape index (κ3) is 8.91. The molecule has 0 spiro atoms. The molecule has 0 saturated heterocycles. The quantitative estimate of drug-likeness (QED) is 0.534. The molecular weight excluding hydrogens is 289 g/mol. The topological polar surface area (TPSA) is 81.8 Å². The third-order valence-corrected chi connectivity index (χ3v) is 2.50. The van der Waals surface area contributed by atoms with E-state index in [-0.39, 0.29) is 38.0 Å². The lowest BCUT2D eigenvalue weighted by atomic mass is 10.3. The van der Waals surface area contributed by atoms with Gasteiger partial charge in [-0.3, -0.25) is 4.90 Å². The second kappa shape index (κ2) is 12.3. The summed E-state index contributed by atoms with van der Waals surface area (Å²) in [4.78, 5) is 2.00. The molecule has 0 aliphatic rings. The number of nitrogens with two attached hydrogens (primary N) is 1. The van der Waals surface area contributed by atoms with Gasteiger partial charge in [-0.1, -0.05) is 0 Å². The summed E-state index contributed by atoms with van der Waals surface area (Å²) in [7, 11) is 0. The van der Waals surface area contributed by atoms with E-state index in [1.165, 1.54) is 0 Å². The van der Waals surface area contributed by atoms with Gasteiger partial charge in [-0.05, 0) is 24.3 Å². The average Bonchev–Trinajstić information content (AvgIpc) is 2.32. The summed E-state index contributed by atoms with van der Waals surface area (Å²) in [6.07, 6.45) is 0. The summed E-state index contributed by atoms with van der Waals surface area (Å²) >= 11 is 0. The maximum atomic E-state index is 8.85. The van der Waals surface area contributed by atoms with Crippen LogP contribution in [0.3, 0.4) is 0 Å². The fraction of sp³-hybridized carbons (Fsp3) is 0.500. The highest BCUT2D eigenvalue weighted by atomic mass is 35.5. The summed E-state index contributed by atoms with van der Waals surface area (Å²) in [5, 5.41) is 21.0. The Bertz CT molecular complexity index is 306. The average molecular weight is 312 g/mol. The standard InChI is InChI=1S/C12H21N3O2.2ClH/c13-11-1-3-12(4-2-11)14-5-6-15(7-9-16)8-10-17;;/h1-4,14,16-17H,5-10,13H2;2*1H. The monoisotopic (exact) mass is 311 g/mol. The molecular formula is C12H23Cl2N3O2. The van der Waals surface area contributed by atoms with E-state index in [0.29, 0.717) is 13.1 Å². The van der Waals surface area contributed by atoms with Gasteiger partial charge in [0.05, 0.1) is 13.2 Å². The van der Waals surface area contributed by atoms with Crippen molar-refractivity contribution >= 4 is 36.2 Å². The molecule has 0 heterocycles. The van der Waals surface area contributed by atoms with E-state index in [1.54, 1.807) is 0 Å². The van der Waals surface area contributed by atoms with E-state index >= 15 is 0 Å². The smallest absolute Gasteiger partial charge is 0.0558 e. The minimum Gasteiger partial charge on any atom is -0.399 e. The fourth-order valence-corrected chi connectivity index (χ4v) is 1.58. The number of nitrogens with zero attached hydrogens (tertiary/aromatic N) is 1. The van der Waals surface area contributed by atoms with Crippen LogP contribution in [-0.2, 0) is 0 Å². The van der Waals surface area contributed by atoms with E-state index < -0.39 is 0 Å². The molecule has 7 heteroatoms. The van der Waals surface area contributed by atoms with Crippen molar-refractivity contribution in [3.05, 3.63) is 24.3 Å². The maximum Gasteiger partial charge on any atom is 0.0558 e. The van der Waals surface area contributed by atoms with E-state index in [1.807, 2.05) is 29.2 Å². The summed E-state index contributed by atoms with van der Waals surface area (Å²) in [5.41, 5.74) is 7.36. The van der Waals surface area contributed by atoms with Crippen LogP contribution in [0.4, 0.5) is 11.4 Å². The zero-order valence-electron chi connectivity index (χ0n) is 10.8. The predicted molar refractivity (Wildman–Crippen MR) is 84.5 cm³/mol. The first kappa shape index (κ1) is 20.6. The van der Waals surface area contributed by atoms with Gasteiger partial charge in [0.1, 0.15) is 0 Å². The fourth-order valence-electron chi connectivity index (χ4n) is 1.58. The zero-order valence-corrected chi connectivity index (χ0v) is 12.4. The van der Waals surface area contributed by atoms with E-state index in [2.05, 4.69) is 5.32 Å². The van der Waals surface area contributed by atoms with Gasteiger partial charge in [-0.2, -0.15) is 0 Å². The SMILES string of the molecule is Cl.Cl.Nc1ccc(NCCN(CCO)CCO)cc1. The highest BCUT2D eigenvalue weighted by molar-refractivity contribution is 5.85. The molecule has 0 bridgehead atoms. The number of hydrogen-bond acceptors (Lipinski definition) is 5. The van der Waals surface area contributed by atoms with Crippen LogP contribution in [0.15, 0.2) is 24.3 Å². The minimum absolute atomic E-state index is 0. The van der Waals surface area contributed by atoms with Gasteiger partial charge in [0.2, 0.25) is 0 Å². The number of halogens is 2. The number of anilines is 2.